The number of nitrogens with zero attached hydrogens (tertiary/aromatic N) is 5. The van der Waals surface area contributed by atoms with Gasteiger partial charge in [0.15, 0.2) is 11.0 Å². The normalized spacial score (nSPS) is 19.4. The number of carbonyl (C=O) groups is 1. The number of thiophene rings is 1. The maximum Gasteiger partial charge on any atom is 0.233 e. The highest BCUT2D eigenvalue weighted by Gasteiger charge is 2.26. The van der Waals surface area contributed by atoms with E-state index in [1.807, 2.05) is 21.6 Å². The van der Waals surface area contributed by atoms with Crippen LogP contribution in [-0.2, 0) is 20.8 Å². The van der Waals surface area contributed by atoms with E-state index in [1.54, 1.807) is 6.20 Å². The fourth-order valence-corrected chi connectivity index (χ4v) is 5.78. The molecule has 9 nitrogen and oxygen atoms in total. The highest BCUT2D eigenvalue weighted by atomic mass is 32.2. The van der Waals surface area contributed by atoms with Crippen molar-refractivity contribution in [2.24, 2.45) is 0 Å². The van der Waals surface area contributed by atoms with Gasteiger partial charge in [-0.3, -0.25) is 9.36 Å². The van der Waals surface area contributed by atoms with Crippen LogP contribution in [0.3, 0.4) is 0 Å². The maximum atomic E-state index is 12.6. The first-order chi connectivity index (χ1) is 15.2. The summed E-state index contributed by atoms with van der Waals surface area (Å²) in [4.78, 5) is 20.6. The summed E-state index contributed by atoms with van der Waals surface area (Å²) in [7, 11) is 0. The number of ether oxygens (including phenoxy) is 2. The first kappa shape index (κ1) is 20.7. The first-order valence-corrected chi connectivity index (χ1v) is 12.2. The van der Waals surface area contributed by atoms with E-state index in [4.69, 9.17) is 15.2 Å². The number of fused-ring (bicyclic) bond motifs is 1. The Morgan fingerprint density at radius 1 is 1.29 bits per heavy atom. The number of amides is 1. The largest absolute Gasteiger partial charge is 0.397 e. The SMILES string of the molecule is Nc1c(-c2nnc(SCC(=O)N3CCOCC3)n2C[C@H]2CCCO2)sc2ncccc12. The van der Waals surface area contributed by atoms with Gasteiger partial charge < -0.3 is 20.1 Å². The Balaban J connectivity index is 1.43. The van der Waals surface area contributed by atoms with Gasteiger partial charge in [0.1, 0.15) is 4.83 Å². The van der Waals surface area contributed by atoms with E-state index in [-0.39, 0.29) is 12.0 Å². The Hall–Kier alpha value is -2.21. The van der Waals surface area contributed by atoms with E-state index in [0.717, 1.165) is 34.5 Å². The van der Waals surface area contributed by atoms with Crippen LogP contribution in [0.15, 0.2) is 23.5 Å². The van der Waals surface area contributed by atoms with Crippen LogP contribution in [0.2, 0.25) is 0 Å². The summed E-state index contributed by atoms with van der Waals surface area (Å²) < 4.78 is 13.3. The zero-order chi connectivity index (χ0) is 21.2. The summed E-state index contributed by atoms with van der Waals surface area (Å²) in [5, 5.41) is 10.5. The van der Waals surface area contributed by atoms with Crippen LogP contribution in [-0.4, -0.2) is 75.3 Å². The molecule has 0 saturated carbocycles. The minimum Gasteiger partial charge on any atom is -0.397 e. The van der Waals surface area contributed by atoms with Gasteiger partial charge in [0.25, 0.3) is 0 Å². The Bertz CT molecular complexity index is 1070. The van der Waals surface area contributed by atoms with Crippen molar-refractivity contribution in [3.8, 4) is 10.7 Å². The molecule has 3 aromatic heterocycles. The number of hydrogen-bond donors (Lipinski definition) is 1. The summed E-state index contributed by atoms with van der Waals surface area (Å²) in [6.07, 6.45) is 3.92. The van der Waals surface area contributed by atoms with Gasteiger partial charge in [-0.15, -0.1) is 21.5 Å². The summed E-state index contributed by atoms with van der Waals surface area (Å²) in [6.45, 7) is 3.87. The average molecular weight is 461 g/mol. The second kappa shape index (κ2) is 9.11. The molecule has 164 valence electrons. The van der Waals surface area contributed by atoms with Gasteiger partial charge >= 0.3 is 0 Å². The molecule has 2 saturated heterocycles. The molecule has 0 bridgehead atoms. The predicted molar refractivity (Wildman–Crippen MR) is 120 cm³/mol. The van der Waals surface area contributed by atoms with E-state index in [0.29, 0.717) is 55.3 Å². The van der Waals surface area contributed by atoms with Crippen LogP contribution < -0.4 is 5.73 Å². The molecule has 0 radical (unpaired) electrons. The van der Waals surface area contributed by atoms with Gasteiger partial charge in [-0.1, -0.05) is 11.8 Å². The third-order valence-corrected chi connectivity index (χ3v) is 7.60. The zero-order valence-electron chi connectivity index (χ0n) is 17.0. The van der Waals surface area contributed by atoms with Crippen molar-refractivity contribution in [1.29, 1.82) is 0 Å². The molecule has 1 atom stereocenters. The summed E-state index contributed by atoms with van der Waals surface area (Å²) in [5.74, 6) is 1.11. The van der Waals surface area contributed by atoms with Crippen LogP contribution in [0.5, 0.6) is 0 Å². The van der Waals surface area contributed by atoms with Gasteiger partial charge in [-0.25, -0.2) is 4.98 Å². The zero-order valence-corrected chi connectivity index (χ0v) is 18.7. The molecule has 1 amide bonds. The fraction of sp³-hybridized carbons (Fsp3) is 0.500. The fourth-order valence-electron chi connectivity index (χ4n) is 3.87. The van der Waals surface area contributed by atoms with Crippen molar-refractivity contribution >= 4 is 44.9 Å². The Morgan fingerprint density at radius 2 is 2.16 bits per heavy atom. The number of rotatable bonds is 6. The van der Waals surface area contributed by atoms with Crippen LogP contribution in [0.25, 0.3) is 20.9 Å². The van der Waals surface area contributed by atoms with Crippen molar-refractivity contribution < 1.29 is 14.3 Å². The lowest BCUT2D eigenvalue weighted by molar-refractivity contribution is -0.132. The standard InChI is InChI=1S/C20H24N6O3S2/c21-16-14-4-1-5-22-19(14)31-17(16)18-23-24-20(26(18)11-13-3-2-8-29-13)30-12-15(27)25-6-9-28-10-7-25/h1,4-5,13H,2-3,6-12,21H2/t13-/m1/s1. The second-order valence-corrected chi connectivity index (χ2v) is 9.48. The van der Waals surface area contributed by atoms with Crippen molar-refractivity contribution in [3.05, 3.63) is 18.3 Å². The average Bonchev–Trinajstić information content (AvgIpc) is 3.53. The van der Waals surface area contributed by atoms with Gasteiger partial charge in [-0.2, -0.15) is 0 Å². The molecule has 31 heavy (non-hydrogen) atoms. The monoisotopic (exact) mass is 460 g/mol. The molecule has 2 aliphatic rings. The number of pyridine rings is 1. The van der Waals surface area contributed by atoms with E-state index in [9.17, 15) is 4.79 Å². The molecule has 0 aliphatic carbocycles. The predicted octanol–water partition coefficient (Wildman–Crippen LogP) is 2.27. The highest BCUT2D eigenvalue weighted by molar-refractivity contribution is 7.99. The van der Waals surface area contributed by atoms with Gasteiger partial charge in [0.2, 0.25) is 5.91 Å². The maximum absolute atomic E-state index is 12.6. The third kappa shape index (κ3) is 4.27. The highest BCUT2D eigenvalue weighted by Crippen LogP contribution is 2.40. The molecule has 2 N–H and O–H groups in total. The number of anilines is 1. The van der Waals surface area contributed by atoms with Gasteiger partial charge in [0.05, 0.1) is 42.2 Å². The van der Waals surface area contributed by atoms with E-state index in [1.165, 1.54) is 23.1 Å². The lowest BCUT2D eigenvalue weighted by atomic mass is 10.2. The van der Waals surface area contributed by atoms with E-state index >= 15 is 0 Å². The molecule has 3 aromatic rings. The lowest BCUT2D eigenvalue weighted by Gasteiger charge is -2.26. The first-order valence-electron chi connectivity index (χ1n) is 10.4. The van der Waals surface area contributed by atoms with Crippen molar-refractivity contribution in [3.63, 3.8) is 0 Å². The summed E-state index contributed by atoms with van der Waals surface area (Å²) in [5.41, 5.74) is 7.12. The Morgan fingerprint density at radius 3 is 2.94 bits per heavy atom. The van der Waals surface area contributed by atoms with Crippen molar-refractivity contribution in [2.45, 2.75) is 30.6 Å². The van der Waals surface area contributed by atoms with E-state index < -0.39 is 0 Å². The van der Waals surface area contributed by atoms with Gasteiger partial charge in [0, 0.05) is 31.3 Å². The topological polar surface area (TPSA) is 108 Å². The number of nitrogen functional groups attached to an aromatic ring is 1. The van der Waals surface area contributed by atoms with Crippen LogP contribution in [0, 0.1) is 0 Å². The van der Waals surface area contributed by atoms with Crippen LogP contribution >= 0.6 is 23.1 Å². The molecule has 0 unspecified atom stereocenters. The number of thioether (sulfide) groups is 1. The minimum absolute atomic E-state index is 0.0899. The number of morpholine rings is 1. The molecule has 5 rings (SSSR count). The summed E-state index contributed by atoms with van der Waals surface area (Å²) in [6, 6.07) is 3.85. The molecule has 0 spiro atoms. The number of hydrogen-bond acceptors (Lipinski definition) is 9. The Labute approximate surface area is 187 Å². The molecule has 2 fully saturated rings. The summed E-state index contributed by atoms with van der Waals surface area (Å²) >= 11 is 2.92. The molecule has 11 heteroatoms. The lowest BCUT2D eigenvalue weighted by Crippen LogP contribution is -2.41. The molecule has 2 aliphatic heterocycles. The van der Waals surface area contributed by atoms with Gasteiger partial charge in [-0.05, 0) is 25.0 Å². The molecule has 0 aromatic carbocycles. The van der Waals surface area contributed by atoms with Crippen LogP contribution in [0.4, 0.5) is 5.69 Å². The van der Waals surface area contributed by atoms with Crippen molar-refractivity contribution in [2.75, 3.05) is 44.4 Å². The smallest absolute Gasteiger partial charge is 0.233 e. The van der Waals surface area contributed by atoms with E-state index in [2.05, 4.69) is 15.2 Å². The van der Waals surface area contributed by atoms with Crippen molar-refractivity contribution in [1.82, 2.24) is 24.6 Å². The Kier molecular flexibility index (Phi) is 6.08. The minimum atomic E-state index is 0.0899. The number of nitrogens with two attached hydrogens (primary N) is 1. The molecule has 5 heterocycles. The molecular weight excluding hydrogens is 436 g/mol. The van der Waals surface area contributed by atoms with Crippen LogP contribution in [0.1, 0.15) is 12.8 Å². The number of aromatic nitrogens is 4. The quantitative estimate of drug-likeness (QED) is 0.558. The second-order valence-electron chi connectivity index (χ2n) is 7.53. The third-order valence-electron chi connectivity index (χ3n) is 5.52. The number of carbonyl (C=O) groups excluding carboxylic acids is 1. The molecular formula is C20H24N6O3S2.